The average molecular weight is 477 g/mol. The Balaban J connectivity index is 1.76. The van der Waals surface area contributed by atoms with Crippen molar-refractivity contribution < 1.29 is 23.8 Å². The zero-order chi connectivity index (χ0) is 22.4. The minimum atomic E-state index is -0.478. The van der Waals surface area contributed by atoms with Gasteiger partial charge in [-0.25, -0.2) is 4.79 Å². The van der Waals surface area contributed by atoms with Gasteiger partial charge in [0.1, 0.15) is 18.1 Å². The van der Waals surface area contributed by atoms with Crippen molar-refractivity contribution in [1.82, 2.24) is 0 Å². The van der Waals surface area contributed by atoms with Crippen LogP contribution >= 0.6 is 34.5 Å². The van der Waals surface area contributed by atoms with Gasteiger partial charge >= 0.3 is 11.9 Å². The standard InChI is InChI=1S/C23H18Cl2O5S/c1-14(26)30-21-8-7-20(24)19(22(21)25)12-29-17-5-3-15(4-6-17)11-18(23(27)28-2)16-9-10-31-13-16/h3-11,13H,12H2,1-2H3. The van der Waals surface area contributed by atoms with Gasteiger partial charge in [0.25, 0.3) is 0 Å². The van der Waals surface area contributed by atoms with Gasteiger partial charge in [0.2, 0.25) is 0 Å². The number of thiophene rings is 1. The van der Waals surface area contributed by atoms with Gasteiger partial charge in [0.05, 0.1) is 17.7 Å². The summed E-state index contributed by atoms with van der Waals surface area (Å²) in [5.41, 5.74) is 2.59. The highest BCUT2D eigenvalue weighted by Gasteiger charge is 2.15. The molecule has 3 aromatic rings. The Morgan fingerprint density at radius 1 is 1.06 bits per heavy atom. The normalized spacial score (nSPS) is 11.2. The van der Waals surface area contributed by atoms with Crippen molar-refractivity contribution in [2.45, 2.75) is 13.5 Å². The van der Waals surface area contributed by atoms with Crippen molar-refractivity contribution >= 4 is 58.1 Å². The molecule has 0 spiro atoms. The van der Waals surface area contributed by atoms with Crippen LogP contribution < -0.4 is 9.47 Å². The number of esters is 2. The second-order valence-electron chi connectivity index (χ2n) is 6.35. The van der Waals surface area contributed by atoms with E-state index < -0.39 is 11.9 Å². The van der Waals surface area contributed by atoms with Crippen LogP contribution in [0.25, 0.3) is 11.6 Å². The van der Waals surface area contributed by atoms with Crippen LogP contribution in [0.1, 0.15) is 23.6 Å². The summed E-state index contributed by atoms with van der Waals surface area (Å²) in [6.07, 6.45) is 1.76. The van der Waals surface area contributed by atoms with E-state index in [1.54, 1.807) is 24.3 Å². The summed E-state index contributed by atoms with van der Waals surface area (Å²) in [5, 5.41) is 4.41. The van der Waals surface area contributed by atoms with E-state index in [1.807, 2.05) is 29.0 Å². The first kappa shape index (κ1) is 22.9. The van der Waals surface area contributed by atoms with E-state index in [-0.39, 0.29) is 17.4 Å². The summed E-state index contributed by atoms with van der Waals surface area (Å²) >= 11 is 14.0. The average Bonchev–Trinajstić information content (AvgIpc) is 3.28. The third kappa shape index (κ3) is 5.88. The van der Waals surface area contributed by atoms with Crippen LogP contribution in [0.4, 0.5) is 0 Å². The minimum Gasteiger partial charge on any atom is -0.489 e. The second-order valence-corrected chi connectivity index (χ2v) is 7.92. The number of hydrogen-bond donors (Lipinski definition) is 0. The van der Waals surface area contributed by atoms with Crippen LogP contribution in [0.5, 0.6) is 11.5 Å². The molecule has 3 rings (SSSR count). The Bertz CT molecular complexity index is 1110. The molecular weight excluding hydrogens is 459 g/mol. The molecule has 0 unspecified atom stereocenters. The fraction of sp³-hybridized carbons (Fsp3) is 0.130. The van der Waals surface area contributed by atoms with Gasteiger partial charge < -0.3 is 14.2 Å². The summed E-state index contributed by atoms with van der Waals surface area (Å²) in [5.74, 6) is -0.0806. The molecular formula is C23H18Cl2O5S. The molecule has 0 aliphatic carbocycles. The summed E-state index contributed by atoms with van der Waals surface area (Å²) in [7, 11) is 1.35. The molecule has 5 nitrogen and oxygen atoms in total. The highest BCUT2D eigenvalue weighted by Crippen LogP contribution is 2.34. The van der Waals surface area contributed by atoms with Crippen molar-refractivity contribution in [3.05, 3.63) is 80.0 Å². The van der Waals surface area contributed by atoms with Gasteiger partial charge in [-0.05, 0) is 58.3 Å². The van der Waals surface area contributed by atoms with Crippen molar-refractivity contribution in [2.75, 3.05) is 7.11 Å². The summed E-state index contributed by atoms with van der Waals surface area (Å²) < 4.78 is 15.8. The lowest BCUT2D eigenvalue weighted by Gasteiger charge is -2.12. The predicted molar refractivity (Wildman–Crippen MR) is 123 cm³/mol. The number of carbonyl (C=O) groups excluding carboxylic acids is 2. The zero-order valence-corrected chi connectivity index (χ0v) is 19.0. The van der Waals surface area contributed by atoms with Crippen molar-refractivity contribution in [3.63, 3.8) is 0 Å². The van der Waals surface area contributed by atoms with Gasteiger partial charge in [0, 0.05) is 17.5 Å². The smallest absolute Gasteiger partial charge is 0.338 e. The Hall–Kier alpha value is -2.80. The Kier molecular flexibility index (Phi) is 7.74. The monoisotopic (exact) mass is 476 g/mol. The van der Waals surface area contributed by atoms with Crippen LogP contribution in [0, 0.1) is 0 Å². The zero-order valence-electron chi connectivity index (χ0n) is 16.7. The van der Waals surface area contributed by atoms with Gasteiger partial charge in [-0.3, -0.25) is 4.79 Å². The number of benzene rings is 2. The fourth-order valence-electron chi connectivity index (χ4n) is 2.71. The van der Waals surface area contributed by atoms with E-state index in [0.717, 1.165) is 11.1 Å². The van der Waals surface area contributed by atoms with Crippen LogP contribution in [-0.2, 0) is 20.9 Å². The molecule has 0 saturated heterocycles. The number of hydrogen-bond acceptors (Lipinski definition) is 6. The molecule has 0 N–H and O–H groups in total. The molecule has 0 bridgehead atoms. The number of halogens is 2. The van der Waals surface area contributed by atoms with Gasteiger partial charge in [0.15, 0.2) is 0 Å². The first-order valence-electron chi connectivity index (χ1n) is 9.09. The van der Waals surface area contributed by atoms with Crippen LogP contribution in [-0.4, -0.2) is 19.0 Å². The first-order valence-corrected chi connectivity index (χ1v) is 10.8. The lowest BCUT2D eigenvalue weighted by Crippen LogP contribution is -2.04. The van der Waals surface area contributed by atoms with Crippen LogP contribution in [0.3, 0.4) is 0 Å². The third-order valence-electron chi connectivity index (χ3n) is 4.22. The molecule has 0 amide bonds. The van der Waals surface area contributed by atoms with Crippen molar-refractivity contribution in [1.29, 1.82) is 0 Å². The first-order chi connectivity index (χ1) is 14.9. The van der Waals surface area contributed by atoms with E-state index >= 15 is 0 Å². The largest absolute Gasteiger partial charge is 0.489 e. The maximum Gasteiger partial charge on any atom is 0.338 e. The Morgan fingerprint density at radius 2 is 1.81 bits per heavy atom. The Morgan fingerprint density at radius 3 is 2.42 bits per heavy atom. The maximum atomic E-state index is 12.1. The second kappa shape index (κ2) is 10.5. The molecule has 1 aromatic heterocycles. The van der Waals surface area contributed by atoms with Gasteiger partial charge in [-0.15, -0.1) is 0 Å². The van der Waals surface area contributed by atoms with Gasteiger partial charge in [-0.2, -0.15) is 11.3 Å². The summed E-state index contributed by atoms with van der Waals surface area (Å²) in [6.45, 7) is 1.38. The lowest BCUT2D eigenvalue weighted by atomic mass is 10.1. The third-order valence-corrected chi connectivity index (χ3v) is 5.67. The quantitative estimate of drug-likeness (QED) is 0.228. The van der Waals surface area contributed by atoms with Crippen LogP contribution in [0.15, 0.2) is 53.2 Å². The van der Waals surface area contributed by atoms with E-state index in [1.165, 1.54) is 31.4 Å². The Labute approximate surface area is 193 Å². The summed E-state index contributed by atoms with van der Waals surface area (Å²) in [4.78, 5) is 23.3. The molecule has 0 radical (unpaired) electrons. The van der Waals surface area contributed by atoms with E-state index in [0.29, 0.717) is 21.9 Å². The molecule has 0 atom stereocenters. The van der Waals surface area contributed by atoms with Gasteiger partial charge in [-0.1, -0.05) is 35.3 Å². The highest BCUT2D eigenvalue weighted by molar-refractivity contribution is 7.08. The predicted octanol–water partition coefficient (Wildman–Crippen LogP) is 6.27. The fourth-order valence-corrected chi connectivity index (χ4v) is 3.89. The molecule has 0 aliphatic rings. The van der Waals surface area contributed by atoms with E-state index in [9.17, 15) is 9.59 Å². The topological polar surface area (TPSA) is 61.8 Å². The number of methoxy groups -OCH3 is 1. The molecule has 2 aromatic carbocycles. The molecule has 0 aliphatic heterocycles. The summed E-state index contributed by atoms with van der Waals surface area (Å²) in [6, 6.07) is 12.2. The van der Waals surface area contributed by atoms with E-state index in [4.69, 9.17) is 37.4 Å². The highest BCUT2D eigenvalue weighted by atomic mass is 35.5. The van der Waals surface area contributed by atoms with Crippen molar-refractivity contribution in [3.8, 4) is 11.5 Å². The van der Waals surface area contributed by atoms with Crippen molar-refractivity contribution in [2.24, 2.45) is 0 Å². The molecule has 0 saturated carbocycles. The molecule has 31 heavy (non-hydrogen) atoms. The maximum absolute atomic E-state index is 12.1. The molecule has 8 heteroatoms. The van der Waals surface area contributed by atoms with E-state index in [2.05, 4.69) is 0 Å². The SMILES string of the molecule is COC(=O)C(=Cc1ccc(OCc2c(Cl)ccc(OC(C)=O)c2Cl)cc1)c1ccsc1. The number of carbonyl (C=O) groups is 2. The molecule has 160 valence electrons. The molecule has 0 fully saturated rings. The lowest BCUT2D eigenvalue weighted by molar-refractivity contribution is -0.134. The number of ether oxygens (including phenoxy) is 3. The number of rotatable bonds is 7. The minimum absolute atomic E-state index is 0.0876. The molecule has 1 heterocycles. The van der Waals surface area contributed by atoms with Crippen LogP contribution in [0.2, 0.25) is 10.0 Å².